The van der Waals surface area contributed by atoms with Crippen LogP contribution in [0.15, 0.2) is 18.2 Å². The second kappa shape index (κ2) is 5.28. The summed E-state index contributed by atoms with van der Waals surface area (Å²) in [5.41, 5.74) is 1.59. The molecule has 0 spiro atoms. The summed E-state index contributed by atoms with van der Waals surface area (Å²) < 4.78 is 0. The number of carbonyl (C=O) groups is 1. The van der Waals surface area contributed by atoms with E-state index in [-0.39, 0.29) is 5.91 Å². The molecule has 0 aliphatic heterocycles. The fraction of sp³-hybridized carbons (Fsp3) is 0.562. The number of hydrogen-bond acceptors (Lipinski definition) is 2. The van der Waals surface area contributed by atoms with Gasteiger partial charge in [0.05, 0.1) is 10.6 Å². The predicted molar refractivity (Wildman–Crippen MR) is 82.3 cm³/mol. The van der Waals surface area contributed by atoms with E-state index in [1.165, 1.54) is 25.7 Å². The third-order valence-electron chi connectivity index (χ3n) is 4.20. The van der Waals surface area contributed by atoms with E-state index in [9.17, 15) is 4.79 Å². The molecular weight excluding hydrogens is 272 g/mol. The van der Waals surface area contributed by atoms with Crippen molar-refractivity contribution in [2.75, 3.05) is 19.4 Å². The van der Waals surface area contributed by atoms with Crippen molar-refractivity contribution in [3.63, 3.8) is 0 Å². The normalized spacial score (nSPS) is 18.2. The molecule has 0 unspecified atom stereocenters. The van der Waals surface area contributed by atoms with Gasteiger partial charge in [-0.3, -0.25) is 4.79 Å². The average Bonchev–Trinajstić information content (AvgIpc) is 3.28. The third-order valence-corrected chi connectivity index (χ3v) is 4.53. The molecule has 3 nitrogen and oxygen atoms in total. The zero-order chi connectivity index (χ0) is 14.3. The Hall–Kier alpha value is -1.22. The molecule has 20 heavy (non-hydrogen) atoms. The Morgan fingerprint density at radius 3 is 2.35 bits per heavy atom. The van der Waals surface area contributed by atoms with E-state index in [0.717, 1.165) is 17.5 Å². The predicted octanol–water partition coefficient (Wildman–Crippen LogP) is 3.64. The van der Waals surface area contributed by atoms with Gasteiger partial charge in [0.2, 0.25) is 0 Å². The molecule has 0 radical (unpaired) electrons. The van der Waals surface area contributed by atoms with E-state index < -0.39 is 0 Å². The molecule has 0 saturated heterocycles. The zero-order valence-electron chi connectivity index (χ0n) is 12.0. The topological polar surface area (TPSA) is 32.3 Å². The first kappa shape index (κ1) is 13.7. The molecule has 0 aromatic heterocycles. The maximum absolute atomic E-state index is 12.1. The van der Waals surface area contributed by atoms with E-state index in [1.54, 1.807) is 19.0 Å². The van der Waals surface area contributed by atoms with Crippen LogP contribution in [0.5, 0.6) is 0 Å². The number of hydrogen-bond donors (Lipinski definition) is 1. The van der Waals surface area contributed by atoms with Crippen LogP contribution < -0.4 is 5.32 Å². The summed E-state index contributed by atoms with van der Waals surface area (Å²) in [5.74, 6) is 1.60. The van der Waals surface area contributed by atoms with Gasteiger partial charge in [-0.05, 0) is 55.7 Å². The first-order valence-corrected chi connectivity index (χ1v) is 7.72. The first-order valence-electron chi connectivity index (χ1n) is 7.34. The molecule has 108 valence electrons. The van der Waals surface area contributed by atoms with E-state index >= 15 is 0 Å². The van der Waals surface area contributed by atoms with Gasteiger partial charge in [-0.2, -0.15) is 0 Å². The number of halogens is 1. The third kappa shape index (κ3) is 2.93. The van der Waals surface area contributed by atoms with Gasteiger partial charge in [-0.1, -0.05) is 11.6 Å². The highest BCUT2D eigenvalue weighted by molar-refractivity contribution is 6.34. The fourth-order valence-corrected chi connectivity index (χ4v) is 2.94. The van der Waals surface area contributed by atoms with Crippen molar-refractivity contribution in [3.05, 3.63) is 28.8 Å². The molecular formula is C16H21ClN2O. The Morgan fingerprint density at radius 2 is 1.85 bits per heavy atom. The fourth-order valence-electron chi connectivity index (χ4n) is 2.74. The van der Waals surface area contributed by atoms with Crippen molar-refractivity contribution in [1.82, 2.24) is 4.90 Å². The Bertz CT molecular complexity index is 509. The van der Waals surface area contributed by atoms with Crippen LogP contribution in [0.1, 0.15) is 36.0 Å². The Kier molecular flexibility index (Phi) is 3.63. The van der Waals surface area contributed by atoms with Crippen LogP contribution in [0.25, 0.3) is 0 Å². The maximum Gasteiger partial charge on any atom is 0.254 e. The van der Waals surface area contributed by atoms with E-state index in [0.29, 0.717) is 16.6 Å². The van der Waals surface area contributed by atoms with Gasteiger partial charge >= 0.3 is 0 Å². The quantitative estimate of drug-likeness (QED) is 0.898. The molecule has 0 atom stereocenters. The lowest BCUT2D eigenvalue weighted by molar-refractivity contribution is 0.0828. The number of carbonyl (C=O) groups excluding carboxylic acids is 1. The van der Waals surface area contributed by atoms with Crippen LogP contribution in [0.2, 0.25) is 5.02 Å². The smallest absolute Gasteiger partial charge is 0.254 e. The summed E-state index contributed by atoms with van der Waals surface area (Å²) in [5, 5.41) is 4.15. The van der Waals surface area contributed by atoms with Crippen LogP contribution in [0.3, 0.4) is 0 Å². The van der Waals surface area contributed by atoms with E-state index in [4.69, 9.17) is 11.6 Å². The molecule has 1 aromatic carbocycles. The SMILES string of the molecule is CN(C)C(=O)c1cc(NC(C2CC2)C2CC2)ccc1Cl. The number of nitrogens with zero attached hydrogens (tertiary/aromatic N) is 1. The van der Waals surface area contributed by atoms with Crippen LogP contribution in [-0.2, 0) is 0 Å². The van der Waals surface area contributed by atoms with Gasteiger partial charge in [0, 0.05) is 25.8 Å². The minimum absolute atomic E-state index is 0.0481. The van der Waals surface area contributed by atoms with Gasteiger partial charge < -0.3 is 10.2 Å². The highest BCUT2D eigenvalue weighted by atomic mass is 35.5. The van der Waals surface area contributed by atoms with Crippen molar-refractivity contribution in [1.29, 1.82) is 0 Å². The number of benzene rings is 1. The van der Waals surface area contributed by atoms with Crippen molar-refractivity contribution in [3.8, 4) is 0 Å². The van der Waals surface area contributed by atoms with Crippen molar-refractivity contribution in [2.45, 2.75) is 31.7 Å². The second-order valence-corrected chi connectivity index (χ2v) is 6.65. The molecule has 1 N–H and O–H groups in total. The molecule has 0 bridgehead atoms. The van der Waals surface area contributed by atoms with Gasteiger partial charge in [-0.15, -0.1) is 0 Å². The highest BCUT2D eigenvalue weighted by Gasteiger charge is 2.41. The first-order chi connectivity index (χ1) is 9.56. The standard InChI is InChI=1S/C16H21ClN2O/c1-19(2)16(20)13-9-12(7-8-14(13)17)18-15(10-3-4-10)11-5-6-11/h7-11,15,18H,3-6H2,1-2H3. The Morgan fingerprint density at radius 1 is 1.25 bits per heavy atom. The molecule has 2 aliphatic rings. The summed E-state index contributed by atoms with van der Waals surface area (Å²) in [6, 6.07) is 6.27. The van der Waals surface area contributed by atoms with Crippen LogP contribution >= 0.6 is 11.6 Å². The lowest BCUT2D eigenvalue weighted by Gasteiger charge is -2.20. The summed E-state index contributed by atoms with van der Waals surface area (Å²) in [7, 11) is 3.49. The lowest BCUT2D eigenvalue weighted by Crippen LogP contribution is -2.25. The summed E-state index contributed by atoms with van der Waals surface area (Å²) in [6.07, 6.45) is 5.35. The second-order valence-electron chi connectivity index (χ2n) is 6.24. The molecule has 2 saturated carbocycles. The van der Waals surface area contributed by atoms with Crippen molar-refractivity contribution in [2.24, 2.45) is 11.8 Å². The summed E-state index contributed by atoms with van der Waals surface area (Å²) >= 11 is 6.15. The van der Waals surface area contributed by atoms with Gasteiger partial charge in [0.15, 0.2) is 0 Å². The molecule has 2 fully saturated rings. The lowest BCUT2D eigenvalue weighted by atomic mass is 10.1. The highest BCUT2D eigenvalue weighted by Crippen LogP contribution is 2.46. The molecule has 3 rings (SSSR count). The van der Waals surface area contributed by atoms with Gasteiger partial charge in [-0.25, -0.2) is 0 Å². The molecule has 1 aromatic rings. The average molecular weight is 293 g/mol. The summed E-state index contributed by atoms with van der Waals surface area (Å²) in [6.45, 7) is 0. The molecule has 4 heteroatoms. The largest absolute Gasteiger partial charge is 0.382 e. The minimum Gasteiger partial charge on any atom is -0.382 e. The Labute approximate surface area is 125 Å². The number of anilines is 1. The molecule has 0 heterocycles. The molecule has 1 amide bonds. The van der Waals surface area contributed by atoms with E-state index in [2.05, 4.69) is 5.32 Å². The van der Waals surface area contributed by atoms with Gasteiger partial charge in [0.25, 0.3) is 5.91 Å². The number of nitrogens with one attached hydrogen (secondary N) is 1. The van der Waals surface area contributed by atoms with E-state index in [1.807, 2.05) is 18.2 Å². The number of rotatable bonds is 5. The van der Waals surface area contributed by atoms with Crippen LogP contribution in [0.4, 0.5) is 5.69 Å². The van der Waals surface area contributed by atoms with Crippen LogP contribution in [-0.4, -0.2) is 30.9 Å². The number of amides is 1. The van der Waals surface area contributed by atoms with Gasteiger partial charge in [0.1, 0.15) is 0 Å². The van der Waals surface area contributed by atoms with Crippen molar-refractivity contribution >= 4 is 23.2 Å². The molecule has 2 aliphatic carbocycles. The Balaban J connectivity index is 1.79. The van der Waals surface area contributed by atoms with Crippen molar-refractivity contribution < 1.29 is 4.79 Å². The maximum atomic E-state index is 12.1. The van der Waals surface area contributed by atoms with Crippen LogP contribution in [0, 0.1) is 11.8 Å². The summed E-state index contributed by atoms with van der Waals surface area (Å²) in [4.78, 5) is 13.7. The zero-order valence-corrected chi connectivity index (χ0v) is 12.8. The monoisotopic (exact) mass is 292 g/mol. The minimum atomic E-state index is -0.0481.